The van der Waals surface area contributed by atoms with Gasteiger partial charge in [-0.25, -0.2) is 0 Å². The number of rotatable bonds is 6. The van der Waals surface area contributed by atoms with Crippen molar-refractivity contribution in [2.75, 3.05) is 38.8 Å². The molecule has 0 aliphatic carbocycles. The second kappa shape index (κ2) is 7.92. The van der Waals surface area contributed by atoms with Crippen LogP contribution in [-0.2, 0) is 9.53 Å². The van der Waals surface area contributed by atoms with Crippen LogP contribution in [0.2, 0.25) is 0 Å². The van der Waals surface area contributed by atoms with Gasteiger partial charge in [0.2, 0.25) is 5.91 Å². The van der Waals surface area contributed by atoms with Crippen LogP contribution in [-0.4, -0.2) is 45.6 Å². The molecular weight excluding hydrogens is 341 g/mol. The van der Waals surface area contributed by atoms with Crippen LogP contribution in [0.4, 0.5) is 18.9 Å². The second-order valence-corrected chi connectivity index (χ2v) is 5.82. The number of ether oxygens (including phenoxy) is 3. The normalized spacial score (nSPS) is 17.0. The van der Waals surface area contributed by atoms with Gasteiger partial charge >= 0.3 is 6.18 Å². The van der Waals surface area contributed by atoms with Crippen LogP contribution >= 0.6 is 0 Å². The predicted molar refractivity (Wildman–Crippen MR) is 84.7 cm³/mol. The molecule has 140 valence electrons. The lowest BCUT2D eigenvalue weighted by Crippen LogP contribution is -2.46. The van der Waals surface area contributed by atoms with Crippen LogP contribution < -0.4 is 20.5 Å². The molecule has 9 heteroatoms. The van der Waals surface area contributed by atoms with E-state index in [-0.39, 0.29) is 24.0 Å². The average molecular weight is 362 g/mol. The molecule has 1 aliphatic rings. The summed E-state index contributed by atoms with van der Waals surface area (Å²) >= 11 is 0. The molecule has 0 radical (unpaired) electrons. The Balaban J connectivity index is 2.14. The number of benzene rings is 1. The van der Waals surface area contributed by atoms with Gasteiger partial charge in [0.25, 0.3) is 0 Å². The van der Waals surface area contributed by atoms with E-state index in [0.717, 1.165) is 0 Å². The van der Waals surface area contributed by atoms with E-state index in [1.165, 1.54) is 25.3 Å². The molecule has 25 heavy (non-hydrogen) atoms. The van der Waals surface area contributed by atoms with Crippen molar-refractivity contribution >= 4 is 11.6 Å². The van der Waals surface area contributed by atoms with Crippen LogP contribution in [0.15, 0.2) is 18.2 Å². The number of amides is 1. The maximum atomic E-state index is 12.6. The first-order valence-electron chi connectivity index (χ1n) is 7.76. The summed E-state index contributed by atoms with van der Waals surface area (Å²) in [5, 5.41) is 2.70. The van der Waals surface area contributed by atoms with Crippen LogP contribution in [0.1, 0.15) is 12.8 Å². The highest BCUT2D eigenvalue weighted by molar-refractivity contribution is 5.95. The Hall–Kier alpha value is -2.00. The molecule has 0 saturated carbocycles. The molecule has 2 rings (SSSR count). The lowest BCUT2D eigenvalue weighted by molar-refractivity contribution is -0.153. The summed E-state index contributed by atoms with van der Waals surface area (Å²) in [4.78, 5) is 12.6. The minimum atomic E-state index is -4.48. The molecule has 1 amide bonds. The summed E-state index contributed by atoms with van der Waals surface area (Å²) in [6.07, 6.45) is -3.50. The van der Waals surface area contributed by atoms with Gasteiger partial charge in [0.1, 0.15) is 0 Å². The van der Waals surface area contributed by atoms with E-state index in [4.69, 9.17) is 19.9 Å². The number of carbonyl (C=O) groups is 1. The van der Waals surface area contributed by atoms with E-state index in [1.807, 2.05) is 0 Å². The zero-order valence-electron chi connectivity index (χ0n) is 13.8. The van der Waals surface area contributed by atoms with Crippen LogP contribution in [0.5, 0.6) is 11.5 Å². The van der Waals surface area contributed by atoms with E-state index in [0.29, 0.717) is 31.7 Å². The van der Waals surface area contributed by atoms with Crippen LogP contribution in [0.25, 0.3) is 0 Å². The summed E-state index contributed by atoms with van der Waals surface area (Å²) < 4.78 is 52.1. The van der Waals surface area contributed by atoms with Gasteiger partial charge in [-0.1, -0.05) is 0 Å². The van der Waals surface area contributed by atoms with Gasteiger partial charge in [-0.3, -0.25) is 4.79 Å². The highest BCUT2D eigenvalue weighted by Crippen LogP contribution is 2.34. The Morgan fingerprint density at radius 1 is 1.32 bits per heavy atom. The van der Waals surface area contributed by atoms with Crippen LogP contribution in [0, 0.1) is 5.41 Å². The fourth-order valence-electron chi connectivity index (χ4n) is 2.58. The van der Waals surface area contributed by atoms with E-state index >= 15 is 0 Å². The fraction of sp³-hybridized carbons (Fsp3) is 0.562. The van der Waals surface area contributed by atoms with Gasteiger partial charge in [0.05, 0.1) is 12.5 Å². The molecular formula is C16H21F3N2O4. The third-order valence-electron chi connectivity index (χ3n) is 4.14. The lowest BCUT2D eigenvalue weighted by atomic mass is 9.79. The molecule has 0 bridgehead atoms. The van der Waals surface area contributed by atoms with Crippen molar-refractivity contribution in [3.63, 3.8) is 0 Å². The van der Waals surface area contributed by atoms with E-state index in [1.54, 1.807) is 0 Å². The van der Waals surface area contributed by atoms with Gasteiger partial charge in [0.15, 0.2) is 18.1 Å². The van der Waals surface area contributed by atoms with E-state index in [2.05, 4.69) is 5.32 Å². The SMILES string of the molecule is COc1ccc(NC(=O)C2(CN)CCOCC2)cc1OCC(F)(F)F. The zero-order chi connectivity index (χ0) is 18.5. The Morgan fingerprint density at radius 2 is 2.00 bits per heavy atom. The number of nitrogens with two attached hydrogens (primary N) is 1. The molecule has 1 saturated heterocycles. The molecule has 6 nitrogen and oxygen atoms in total. The number of hydrogen-bond acceptors (Lipinski definition) is 5. The lowest BCUT2D eigenvalue weighted by Gasteiger charge is -2.34. The number of methoxy groups -OCH3 is 1. The van der Waals surface area contributed by atoms with Gasteiger partial charge < -0.3 is 25.3 Å². The second-order valence-electron chi connectivity index (χ2n) is 5.82. The Bertz CT molecular complexity index is 602. The number of nitrogens with one attached hydrogen (secondary N) is 1. The van der Waals surface area contributed by atoms with Crippen molar-refractivity contribution in [1.29, 1.82) is 0 Å². The molecule has 0 spiro atoms. The third-order valence-corrected chi connectivity index (χ3v) is 4.14. The van der Waals surface area contributed by atoms with Crippen molar-refractivity contribution in [2.24, 2.45) is 11.1 Å². The summed E-state index contributed by atoms with van der Waals surface area (Å²) in [5.74, 6) is -0.251. The Labute approximate surface area is 143 Å². The molecule has 0 aromatic heterocycles. The number of alkyl halides is 3. The third kappa shape index (κ3) is 4.99. The van der Waals surface area contributed by atoms with Crippen LogP contribution in [0.3, 0.4) is 0 Å². The number of carbonyl (C=O) groups excluding carboxylic acids is 1. The van der Waals surface area contributed by atoms with Crippen molar-refractivity contribution in [1.82, 2.24) is 0 Å². The van der Waals surface area contributed by atoms with Crippen molar-refractivity contribution in [3.8, 4) is 11.5 Å². The maximum Gasteiger partial charge on any atom is 0.422 e. The Kier molecular flexibility index (Phi) is 6.12. The van der Waals surface area contributed by atoms with Gasteiger partial charge in [-0.05, 0) is 25.0 Å². The first-order valence-corrected chi connectivity index (χ1v) is 7.76. The molecule has 0 unspecified atom stereocenters. The highest BCUT2D eigenvalue weighted by atomic mass is 19.4. The smallest absolute Gasteiger partial charge is 0.422 e. The first-order chi connectivity index (χ1) is 11.8. The number of hydrogen-bond donors (Lipinski definition) is 2. The van der Waals surface area contributed by atoms with Gasteiger partial charge in [-0.2, -0.15) is 13.2 Å². The molecule has 1 heterocycles. The summed E-state index contributed by atoms with van der Waals surface area (Å²) in [6, 6.07) is 4.26. The topological polar surface area (TPSA) is 82.8 Å². The van der Waals surface area contributed by atoms with Gasteiger partial charge in [0, 0.05) is 31.5 Å². The minimum Gasteiger partial charge on any atom is -0.493 e. The largest absolute Gasteiger partial charge is 0.493 e. The van der Waals surface area contributed by atoms with E-state index in [9.17, 15) is 18.0 Å². The molecule has 0 atom stereocenters. The summed E-state index contributed by atoms with van der Waals surface area (Å²) in [6.45, 7) is -0.416. The standard InChI is InChI=1S/C16H21F3N2O4/c1-23-12-3-2-11(8-13(12)25-10-16(17,18)19)21-14(22)15(9-20)4-6-24-7-5-15/h2-3,8H,4-7,9-10,20H2,1H3,(H,21,22). The number of halogens is 3. The zero-order valence-corrected chi connectivity index (χ0v) is 13.8. The van der Waals surface area contributed by atoms with Gasteiger partial charge in [-0.15, -0.1) is 0 Å². The molecule has 1 fully saturated rings. The predicted octanol–water partition coefficient (Wildman–Crippen LogP) is 2.33. The number of anilines is 1. The van der Waals surface area contributed by atoms with Crippen molar-refractivity contribution in [3.05, 3.63) is 18.2 Å². The Morgan fingerprint density at radius 3 is 2.56 bits per heavy atom. The van der Waals surface area contributed by atoms with E-state index < -0.39 is 18.2 Å². The summed E-state index contributed by atoms with van der Waals surface area (Å²) in [5.41, 5.74) is 5.34. The first kappa shape index (κ1) is 19.3. The quantitative estimate of drug-likeness (QED) is 0.812. The van der Waals surface area contributed by atoms with Crippen molar-refractivity contribution < 1.29 is 32.2 Å². The monoisotopic (exact) mass is 362 g/mol. The fourth-order valence-corrected chi connectivity index (χ4v) is 2.58. The summed E-state index contributed by atoms with van der Waals surface area (Å²) in [7, 11) is 1.32. The minimum absolute atomic E-state index is 0.105. The molecule has 1 aliphatic heterocycles. The average Bonchev–Trinajstić information content (AvgIpc) is 2.60. The maximum absolute atomic E-state index is 12.6. The molecule has 3 N–H and O–H groups in total. The van der Waals surface area contributed by atoms with Crippen molar-refractivity contribution in [2.45, 2.75) is 19.0 Å². The highest BCUT2D eigenvalue weighted by Gasteiger charge is 2.39. The molecule has 1 aromatic rings. The molecule has 1 aromatic carbocycles.